The van der Waals surface area contributed by atoms with Crippen LogP contribution >= 0.6 is 23.2 Å². The average Bonchev–Trinajstić information content (AvgIpc) is 2.15. The molecule has 1 nitrogen and oxygen atoms in total. The predicted molar refractivity (Wildman–Crippen MR) is 60.8 cm³/mol. The van der Waals surface area contributed by atoms with E-state index in [2.05, 4.69) is 6.58 Å². The highest BCUT2D eigenvalue weighted by Gasteiger charge is 2.16. The highest BCUT2D eigenvalue weighted by Crippen LogP contribution is 2.30. The zero-order valence-electron chi connectivity index (χ0n) is 7.87. The minimum absolute atomic E-state index is 0.0336. The number of aliphatic hydroxyl groups is 1. The quantitative estimate of drug-likeness (QED) is 0.783. The fourth-order valence-corrected chi connectivity index (χ4v) is 1.67. The van der Waals surface area contributed by atoms with Gasteiger partial charge in [-0.05, 0) is 17.7 Å². The molecule has 2 atom stereocenters. The maximum Gasteiger partial charge on any atom is 0.0864 e. The Kier molecular flexibility index (Phi) is 3.99. The first-order chi connectivity index (χ1) is 6.56. The highest BCUT2D eigenvalue weighted by molar-refractivity contribution is 6.35. The van der Waals surface area contributed by atoms with Gasteiger partial charge in [0.05, 0.1) is 6.10 Å². The monoisotopic (exact) mass is 230 g/mol. The Morgan fingerprint density at radius 1 is 1.43 bits per heavy atom. The Balaban J connectivity index is 3.01. The van der Waals surface area contributed by atoms with Crippen molar-refractivity contribution in [3.63, 3.8) is 0 Å². The van der Waals surface area contributed by atoms with Gasteiger partial charge in [0, 0.05) is 16.0 Å². The molecule has 0 radical (unpaired) electrons. The summed E-state index contributed by atoms with van der Waals surface area (Å²) in [6, 6.07) is 5.06. The fraction of sp³-hybridized carbons (Fsp3) is 0.273. The first kappa shape index (κ1) is 11.6. The second-order valence-electron chi connectivity index (χ2n) is 3.21. The molecule has 76 valence electrons. The summed E-state index contributed by atoms with van der Waals surface area (Å²) < 4.78 is 0. The van der Waals surface area contributed by atoms with Crippen LogP contribution in [0.15, 0.2) is 30.9 Å². The van der Waals surface area contributed by atoms with Crippen molar-refractivity contribution in [3.8, 4) is 0 Å². The van der Waals surface area contributed by atoms with Crippen molar-refractivity contribution in [2.24, 2.45) is 5.92 Å². The first-order valence-corrected chi connectivity index (χ1v) is 5.07. The van der Waals surface area contributed by atoms with Crippen LogP contribution in [0.3, 0.4) is 0 Å². The summed E-state index contributed by atoms with van der Waals surface area (Å²) in [6.45, 7) is 5.50. The van der Waals surface area contributed by atoms with Gasteiger partial charge in [0.25, 0.3) is 0 Å². The van der Waals surface area contributed by atoms with Crippen molar-refractivity contribution in [2.75, 3.05) is 0 Å². The lowest BCUT2D eigenvalue weighted by atomic mass is 9.98. The van der Waals surface area contributed by atoms with Crippen LogP contribution in [0.2, 0.25) is 10.0 Å². The van der Waals surface area contributed by atoms with Gasteiger partial charge < -0.3 is 5.11 Å². The summed E-state index contributed by atoms with van der Waals surface area (Å²) in [5.41, 5.74) is 0.684. The molecule has 0 amide bonds. The smallest absolute Gasteiger partial charge is 0.0864 e. The summed E-state index contributed by atoms with van der Waals surface area (Å²) in [4.78, 5) is 0. The van der Waals surface area contributed by atoms with E-state index in [9.17, 15) is 5.11 Å². The second-order valence-corrected chi connectivity index (χ2v) is 4.05. The molecule has 0 aromatic heterocycles. The maximum absolute atomic E-state index is 9.86. The van der Waals surface area contributed by atoms with Gasteiger partial charge in [0.1, 0.15) is 0 Å². The molecular weight excluding hydrogens is 219 g/mol. The van der Waals surface area contributed by atoms with Crippen molar-refractivity contribution in [1.29, 1.82) is 0 Å². The summed E-state index contributed by atoms with van der Waals surface area (Å²) >= 11 is 11.7. The number of rotatable bonds is 3. The van der Waals surface area contributed by atoms with E-state index in [4.69, 9.17) is 23.2 Å². The van der Waals surface area contributed by atoms with Gasteiger partial charge in [-0.3, -0.25) is 0 Å². The second kappa shape index (κ2) is 4.83. The van der Waals surface area contributed by atoms with Gasteiger partial charge in [0.2, 0.25) is 0 Å². The van der Waals surface area contributed by atoms with Crippen molar-refractivity contribution in [1.82, 2.24) is 0 Å². The zero-order chi connectivity index (χ0) is 10.7. The molecule has 0 bridgehead atoms. The largest absolute Gasteiger partial charge is 0.388 e. The average molecular weight is 231 g/mol. The Hall–Kier alpha value is -0.500. The summed E-state index contributed by atoms with van der Waals surface area (Å²) in [7, 11) is 0. The Morgan fingerprint density at radius 2 is 2.07 bits per heavy atom. The van der Waals surface area contributed by atoms with E-state index in [1.54, 1.807) is 24.3 Å². The lowest BCUT2D eigenvalue weighted by molar-refractivity contribution is 0.140. The highest BCUT2D eigenvalue weighted by atomic mass is 35.5. The Labute approximate surface area is 94.0 Å². The maximum atomic E-state index is 9.86. The summed E-state index contributed by atoms with van der Waals surface area (Å²) in [5, 5.41) is 10.9. The SMILES string of the molecule is C=CC(C)C(O)c1ccc(Cl)cc1Cl. The molecule has 0 aliphatic heterocycles. The number of hydrogen-bond acceptors (Lipinski definition) is 1. The van der Waals surface area contributed by atoms with E-state index in [0.717, 1.165) is 0 Å². The van der Waals surface area contributed by atoms with Crippen LogP contribution in [-0.4, -0.2) is 5.11 Å². The van der Waals surface area contributed by atoms with Gasteiger partial charge in [0.15, 0.2) is 0 Å². The topological polar surface area (TPSA) is 20.2 Å². The van der Waals surface area contributed by atoms with Crippen molar-refractivity contribution >= 4 is 23.2 Å². The van der Waals surface area contributed by atoms with E-state index < -0.39 is 6.10 Å². The molecule has 0 fully saturated rings. The van der Waals surface area contributed by atoms with Gasteiger partial charge >= 0.3 is 0 Å². The van der Waals surface area contributed by atoms with Crippen LogP contribution in [0, 0.1) is 5.92 Å². The molecule has 1 aromatic rings. The van der Waals surface area contributed by atoms with Gasteiger partial charge in [-0.1, -0.05) is 42.3 Å². The lowest BCUT2D eigenvalue weighted by Crippen LogP contribution is -2.06. The minimum atomic E-state index is -0.628. The lowest BCUT2D eigenvalue weighted by Gasteiger charge is -2.16. The van der Waals surface area contributed by atoms with Gasteiger partial charge in [-0.15, -0.1) is 6.58 Å². The molecule has 0 saturated carbocycles. The third-order valence-electron chi connectivity index (χ3n) is 2.15. The van der Waals surface area contributed by atoms with Crippen LogP contribution in [0.25, 0.3) is 0 Å². The fourth-order valence-electron chi connectivity index (χ4n) is 1.15. The summed E-state index contributed by atoms with van der Waals surface area (Å²) in [6.07, 6.45) is 1.06. The molecule has 2 unspecified atom stereocenters. The molecule has 1 aromatic carbocycles. The minimum Gasteiger partial charge on any atom is -0.388 e. The molecule has 0 spiro atoms. The van der Waals surface area contributed by atoms with Crippen molar-refractivity contribution in [2.45, 2.75) is 13.0 Å². The standard InChI is InChI=1S/C11H12Cl2O/c1-3-7(2)11(14)9-5-4-8(12)6-10(9)13/h3-7,11,14H,1H2,2H3. The molecule has 0 aliphatic rings. The third-order valence-corrected chi connectivity index (χ3v) is 2.71. The molecule has 0 aliphatic carbocycles. The van der Waals surface area contributed by atoms with Crippen LogP contribution in [-0.2, 0) is 0 Å². The number of hydrogen-bond donors (Lipinski definition) is 1. The number of benzene rings is 1. The molecule has 0 saturated heterocycles. The van der Waals surface area contributed by atoms with Gasteiger partial charge in [-0.25, -0.2) is 0 Å². The van der Waals surface area contributed by atoms with Crippen LogP contribution in [0.1, 0.15) is 18.6 Å². The normalized spacial score (nSPS) is 14.9. The van der Waals surface area contributed by atoms with Crippen LogP contribution in [0.5, 0.6) is 0 Å². The molecule has 0 heterocycles. The van der Waals surface area contributed by atoms with Crippen molar-refractivity contribution in [3.05, 3.63) is 46.5 Å². The van der Waals surface area contributed by atoms with Crippen LogP contribution < -0.4 is 0 Å². The van der Waals surface area contributed by atoms with E-state index >= 15 is 0 Å². The van der Waals surface area contributed by atoms with Crippen molar-refractivity contribution < 1.29 is 5.11 Å². The predicted octanol–water partition coefficient (Wildman–Crippen LogP) is 3.85. The van der Waals surface area contributed by atoms with E-state index in [-0.39, 0.29) is 5.92 Å². The molecule has 1 rings (SSSR count). The molecule has 14 heavy (non-hydrogen) atoms. The van der Waals surface area contributed by atoms with E-state index in [1.165, 1.54) is 0 Å². The van der Waals surface area contributed by atoms with Crippen LogP contribution in [0.4, 0.5) is 0 Å². The zero-order valence-corrected chi connectivity index (χ0v) is 9.39. The third kappa shape index (κ3) is 2.50. The molecule has 3 heteroatoms. The summed E-state index contributed by atoms with van der Waals surface area (Å²) in [5.74, 6) is -0.0336. The van der Waals surface area contributed by atoms with E-state index in [0.29, 0.717) is 15.6 Å². The molecular formula is C11H12Cl2O. The first-order valence-electron chi connectivity index (χ1n) is 4.32. The number of halogens is 2. The van der Waals surface area contributed by atoms with E-state index in [1.807, 2.05) is 6.92 Å². The molecule has 1 N–H and O–H groups in total. The van der Waals surface area contributed by atoms with Gasteiger partial charge in [-0.2, -0.15) is 0 Å². The Bertz CT molecular complexity index is 336. The number of aliphatic hydroxyl groups excluding tert-OH is 1. The Morgan fingerprint density at radius 3 is 2.57 bits per heavy atom.